The minimum absolute atomic E-state index is 0.0181. The lowest BCUT2D eigenvalue weighted by Gasteiger charge is -2.20. The molecule has 6 heteroatoms. The van der Waals surface area contributed by atoms with Gasteiger partial charge in [-0.15, -0.1) is 10.2 Å². The van der Waals surface area contributed by atoms with Crippen LogP contribution in [0.2, 0.25) is 0 Å². The zero-order valence-corrected chi connectivity index (χ0v) is 15.2. The van der Waals surface area contributed by atoms with Crippen molar-refractivity contribution in [3.8, 4) is 0 Å². The summed E-state index contributed by atoms with van der Waals surface area (Å²) >= 11 is 0. The standard InChI is InChI=1S/C18H27N5O/c1-13(2)23-12-19-21-18(23)15(4)20-17(24)11-22(5)10-16-8-6-14(3)7-9-16/h6-9,12-13,15H,10-11H2,1-5H3,(H,20,24)/t15-/m1/s1. The fraction of sp³-hybridized carbons (Fsp3) is 0.500. The lowest BCUT2D eigenvalue weighted by Crippen LogP contribution is -2.37. The van der Waals surface area contributed by atoms with E-state index in [9.17, 15) is 4.79 Å². The van der Waals surface area contributed by atoms with Crippen molar-refractivity contribution in [1.82, 2.24) is 25.0 Å². The van der Waals surface area contributed by atoms with Crippen molar-refractivity contribution in [2.75, 3.05) is 13.6 Å². The van der Waals surface area contributed by atoms with Crippen LogP contribution in [0.25, 0.3) is 0 Å². The normalized spacial score (nSPS) is 12.6. The lowest BCUT2D eigenvalue weighted by molar-refractivity contribution is -0.122. The first-order chi connectivity index (χ1) is 11.4. The van der Waals surface area contributed by atoms with Gasteiger partial charge in [0.2, 0.25) is 5.91 Å². The molecule has 0 radical (unpaired) electrons. The molecule has 0 spiro atoms. The summed E-state index contributed by atoms with van der Waals surface area (Å²) < 4.78 is 1.97. The van der Waals surface area contributed by atoms with Gasteiger partial charge in [-0.25, -0.2) is 0 Å². The van der Waals surface area contributed by atoms with Crippen molar-refractivity contribution in [2.45, 2.75) is 46.3 Å². The predicted octanol–water partition coefficient (Wildman–Crippen LogP) is 2.48. The SMILES string of the molecule is Cc1ccc(CN(C)CC(=O)N[C@H](C)c2nncn2C(C)C)cc1. The molecule has 1 heterocycles. The zero-order chi connectivity index (χ0) is 17.7. The maximum absolute atomic E-state index is 12.3. The molecule has 0 saturated carbocycles. The number of likely N-dealkylation sites (N-methyl/N-ethyl adjacent to an activating group) is 1. The Kier molecular flexibility index (Phi) is 6.09. The second-order valence-corrected chi connectivity index (χ2v) is 6.64. The minimum Gasteiger partial charge on any atom is -0.345 e. The number of nitrogens with one attached hydrogen (secondary N) is 1. The second-order valence-electron chi connectivity index (χ2n) is 6.64. The van der Waals surface area contributed by atoms with E-state index in [1.54, 1.807) is 6.33 Å². The van der Waals surface area contributed by atoms with E-state index in [0.717, 1.165) is 12.4 Å². The van der Waals surface area contributed by atoms with E-state index in [-0.39, 0.29) is 18.0 Å². The maximum Gasteiger partial charge on any atom is 0.234 e. The molecule has 0 bridgehead atoms. The molecule has 1 aromatic carbocycles. The molecule has 1 amide bonds. The van der Waals surface area contributed by atoms with E-state index in [1.807, 2.05) is 23.4 Å². The molecule has 0 aliphatic rings. The Bertz CT molecular complexity index is 662. The Labute approximate surface area is 143 Å². The van der Waals surface area contributed by atoms with E-state index >= 15 is 0 Å². The highest BCUT2D eigenvalue weighted by atomic mass is 16.2. The quantitative estimate of drug-likeness (QED) is 0.847. The van der Waals surface area contributed by atoms with Crippen LogP contribution in [0.4, 0.5) is 0 Å². The van der Waals surface area contributed by atoms with Gasteiger partial charge in [0.1, 0.15) is 6.33 Å². The van der Waals surface area contributed by atoms with Gasteiger partial charge in [0.25, 0.3) is 0 Å². The molecule has 24 heavy (non-hydrogen) atoms. The number of hydrogen-bond acceptors (Lipinski definition) is 4. The molecule has 0 fully saturated rings. The number of hydrogen-bond donors (Lipinski definition) is 1. The van der Waals surface area contributed by atoms with Gasteiger partial charge in [0, 0.05) is 12.6 Å². The summed E-state index contributed by atoms with van der Waals surface area (Å²) in [5.74, 6) is 0.759. The van der Waals surface area contributed by atoms with Gasteiger partial charge < -0.3 is 9.88 Å². The number of benzene rings is 1. The first-order valence-corrected chi connectivity index (χ1v) is 8.29. The van der Waals surface area contributed by atoms with Crippen LogP contribution in [0.15, 0.2) is 30.6 Å². The van der Waals surface area contributed by atoms with Gasteiger partial charge in [-0.2, -0.15) is 0 Å². The smallest absolute Gasteiger partial charge is 0.234 e. The van der Waals surface area contributed by atoms with Crippen LogP contribution in [-0.4, -0.2) is 39.2 Å². The lowest BCUT2D eigenvalue weighted by atomic mass is 10.1. The van der Waals surface area contributed by atoms with Gasteiger partial charge in [0.15, 0.2) is 5.82 Å². The predicted molar refractivity (Wildman–Crippen MR) is 94.5 cm³/mol. The summed E-state index contributed by atoms with van der Waals surface area (Å²) in [4.78, 5) is 14.3. The van der Waals surface area contributed by atoms with Crippen molar-refractivity contribution in [3.63, 3.8) is 0 Å². The molecule has 0 aliphatic carbocycles. The average molecular weight is 329 g/mol. The molecule has 2 rings (SSSR count). The minimum atomic E-state index is -0.171. The number of carbonyl (C=O) groups is 1. The number of rotatable bonds is 7. The van der Waals surface area contributed by atoms with Gasteiger partial charge >= 0.3 is 0 Å². The molecule has 1 N–H and O–H groups in total. The summed E-state index contributed by atoms with van der Waals surface area (Å²) in [6.45, 7) is 9.21. The van der Waals surface area contributed by atoms with Gasteiger partial charge in [-0.3, -0.25) is 9.69 Å². The van der Waals surface area contributed by atoms with Crippen LogP contribution in [0.5, 0.6) is 0 Å². The molecule has 130 valence electrons. The second kappa shape index (κ2) is 8.06. The largest absolute Gasteiger partial charge is 0.345 e. The van der Waals surface area contributed by atoms with E-state index in [0.29, 0.717) is 6.54 Å². The molecule has 0 aliphatic heterocycles. The van der Waals surface area contributed by atoms with Crippen LogP contribution in [0.1, 0.15) is 49.8 Å². The maximum atomic E-state index is 12.3. The van der Waals surface area contributed by atoms with Crippen LogP contribution < -0.4 is 5.32 Å². The summed E-state index contributed by atoms with van der Waals surface area (Å²) in [6.07, 6.45) is 1.70. The summed E-state index contributed by atoms with van der Waals surface area (Å²) in [7, 11) is 1.95. The third-order valence-electron chi connectivity index (χ3n) is 3.91. The first-order valence-electron chi connectivity index (χ1n) is 8.29. The Morgan fingerprint density at radius 3 is 2.54 bits per heavy atom. The number of amides is 1. The molecule has 1 atom stereocenters. The Morgan fingerprint density at radius 2 is 1.92 bits per heavy atom. The summed E-state index contributed by atoms with van der Waals surface area (Å²) in [5.41, 5.74) is 2.44. The number of carbonyl (C=O) groups excluding carboxylic acids is 1. The third kappa shape index (κ3) is 4.89. The molecule has 6 nitrogen and oxygen atoms in total. The van der Waals surface area contributed by atoms with Crippen LogP contribution in [0, 0.1) is 6.92 Å². The third-order valence-corrected chi connectivity index (χ3v) is 3.91. The van der Waals surface area contributed by atoms with Crippen molar-refractivity contribution in [2.24, 2.45) is 0 Å². The molecule has 1 aromatic heterocycles. The highest BCUT2D eigenvalue weighted by molar-refractivity contribution is 5.78. The molecular weight excluding hydrogens is 302 g/mol. The van der Waals surface area contributed by atoms with Gasteiger partial charge in [0.05, 0.1) is 12.6 Å². The van der Waals surface area contributed by atoms with Crippen molar-refractivity contribution in [1.29, 1.82) is 0 Å². The summed E-state index contributed by atoms with van der Waals surface area (Å²) in [5, 5.41) is 11.1. The van der Waals surface area contributed by atoms with Crippen LogP contribution in [-0.2, 0) is 11.3 Å². The molecular formula is C18H27N5O. The fourth-order valence-electron chi connectivity index (χ4n) is 2.62. The Morgan fingerprint density at radius 1 is 1.25 bits per heavy atom. The highest BCUT2D eigenvalue weighted by Gasteiger charge is 2.17. The zero-order valence-electron chi connectivity index (χ0n) is 15.2. The van der Waals surface area contributed by atoms with Crippen LogP contribution in [0.3, 0.4) is 0 Å². The van der Waals surface area contributed by atoms with Crippen LogP contribution >= 0.6 is 0 Å². The summed E-state index contributed by atoms with van der Waals surface area (Å²) in [6, 6.07) is 8.46. The van der Waals surface area contributed by atoms with E-state index in [1.165, 1.54) is 11.1 Å². The van der Waals surface area contributed by atoms with Crippen molar-refractivity contribution < 1.29 is 4.79 Å². The highest BCUT2D eigenvalue weighted by Crippen LogP contribution is 2.14. The Hall–Kier alpha value is -2.21. The van der Waals surface area contributed by atoms with E-state index in [2.05, 4.69) is 60.6 Å². The van der Waals surface area contributed by atoms with E-state index < -0.39 is 0 Å². The topological polar surface area (TPSA) is 63.1 Å². The average Bonchev–Trinajstić information content (AvgIpc) is 2.99. The van der Waals surface area contributed by atoms with E-state index in [4.69, 9.17) is 0 Å². The Balaban J connectivity index is 1.87. The monoisotopic (exact) mass is 329 g/mol. The first kappa shape index (κ1) is 18.1. The molecule has 2 aromatic rings. The molecule has 0 unspecified atom stereocenters. The number of aryl methyl sites for hydroxylation is 1. The van der Waals surface area contributed by atoms with Gasteiger partial charge in [-0.05, 0) is 40.3 Å². The van der Waals surface area contributed by atoms with Crippen molar-refractivity contribution in [3.05, 3.63) is 47.5 Å². The molecule has 0 saturated heterocycles. The van der Waals surface area contributed by atoms with Crippen molar-refractivity contribution >= 4 is 5.91 Å². The van der Waals surface area contributed by atoms with Gasteiger partial charge in [-0.1, -0.05) is 29.8 Å². The number of aromatic nitrogens is 3. The number of nitrogens with zero attached hydrogens (tertiary/aromatic N) is 4. The fourth-order valence-corrected chi connectivity index (χ4v) is 2.62.